The van der Waals surface area contributed by atoms with Crippen molar-refractivity contribution in [1.29, 1.82) is 5.26 Å². The van der Waals surface area contributed by atoms with Crippen LogP contribution < -0.4 is 15.2 Å². The third kappa shape index (κ3) is 4.22. The molecule has 1 aromatic carbocycles. The van der Waals surface area contributed by atoms with Crippen LogP contribution in [0.3, 0.4) is 0 Å². The van der Waals surface area contributed by atoms with Crippen LogP contribution in [0.5, 0.6) is 5.75 Å². The number of nitrogens with zero attached hydrogens (tertiary/aromatic N) is 1. The highest BCUT2D eigenvalue weighted by Gasteiger charge is 2.33. The monoisotopic (exact) mass is 337 g/mol. The van der Waals surface area contributed by atoms with Crippen molar-refractivity contribution in [3.63, 3.8) is 0 Å². The molecule has 126 valence electrons. The number of nitrogens with two attached hydrogens (primary N) is 1. The molecule has 0 saturated heterocycles. The average Bonchev–Trinajstić information content (AvgIpc) is 2.52. The number of benzene rings is 1. The van der Waals surface area contributed by atoms with E-state index in [1.54, 1.807) is 18.2 Å². The Morgan fingerprint density at radius 3 is 2.61 bits per heavy atom. The molecule has 1 aliphatic rings. The van der Waals surface area contributed by atoms with Gasteiger partial charge in [0.15, 0.2) is 0 Å². The van der Waals surface area contributed by atoms with Gasteiger partial charge in [-0.2, -0.15) is 5.26 Å². The normalized spacial score (nSPS) is 24.9. The fourth-order valence-electron chi connectivity index (χ4n) is 2.76. The first-order valence-electron chi connectivity index (χ1n) is 7.75. The number of hydrogen-bond acceptors (Lipinski definition) is 5. The zero-order chi connectivity index (χ0) is 17.1. The van der Waals surface area contributed by atoms with Gasteiger partial charge in [-0.15, -0.1) is 0 Å². The lowest BCUT2D eigenvalue weighted by Gasteiger charge is -2.32. The summed E-state index contributed by atoms with van der Waals surface area (Å²) in [6.07, 6.45) is 2.14. The lowest BCUT2D eigenvalue weighted by atomic mass is 9.82. The largest absolute Gasteiger partial charge is 0.494 e. The van der Waals surface area contributed by atoms with Crippen LogP contribution in [0, 0.1) is 18.3 Å². The summed E-state index contributed by atoms with van der Waals surface area (Å²) in [6.45, 7) is 4.24. The Morgan fingerprint density at radius 2 is 2.09 bits per heavy atom. The van der Waals surface area contributed by atoms with E-state index in [2.05, 4.69) is 10.8 Å². The molecular weight excluding hydrogens is 314 g/mol. The Balaban J connectivity index is 2.08. The van der Waals surface area contributed by atoms with Gasteiger partial charge in [-0.25, -0.2) is 13.1 Å². The van der Waals surface area contributed by atoms with Gasteiger partial charge < -0.3 is 10.5 Å². The van der Waals surface area contributed by atoms with E-state index >= 15 is 0 Å². The van der Waals surface area contributed by atoms with Gasteiger partial charge in [0, 0.05) is 6.04 Å². The van der Waals surface area contributed by atoms with Crippen LogP contribution >= 0.6 is 0 Å². The summed E-state index contributed by atoms with van der Waals surface area (Å²) < 4.78 is 33.2. The van der Waals surface area contributed by atoms with Gasteiger partial charge in [0.2, 0.25) is 10.0 Å². The first-order valence-corrected chi connectivity index (χ1v) is 9.24. The van der Waals surface area contributed by atoms with Gasteiger partial charge in [-0.3, -0.25) is 0 Å². The molecule has 0 bridgehead atoms. The number of rotatable bonds is 5. The minimum absolute atomic E-state index is 0.183. The molecule has 7 heteroatoms. The molecule has 1 saturated carbocycles. The number of hydrogen-bond donors (Lipinski definition) is 2. The third-order valence-corrected chi connectivity index (χ3v) is 5.70. The average molecular weight is 337 g/mol. The van der Waals surface area contributed by atoms with E-state index in [0.717, 1.165) is 5.56 Å². The molecule has 3 N–H and O–H groups in total. The van der Waals surface area contributed by atoms with E-state index in [1.165, 1.54) is 0 Å². The number of aryl methyl sites for hydroxylation is 1. The van der Waals surface area contributed by atoms with E-state index in [9.17, 15) is 8.42 Å². The smallest absolute Gasteiger partial charge is 0.240 e. The Bertz CT molecular complexity index is 702. The molecule has 6 nitrogen and oxygen atoms in total. The molecule has 0 atom stereocenters. The van der Waals surface area contributed by atoms with Crippen LogP contribution in [0.1, 0.15) is 38.2 Å². The molecule has 2 rings (SSSR count). The van der Waals surface area contributed by atoms with Crippen molar-refractivity contribution >= 4 is 10.0 Å². The molecule has 0 radical (unpaired) electrons. The van der Waals surface area contributed by atoms with Gasteiger partial charge in [-0.05, 0) is 63.3 Å². The predicted molar refractivity (Wildman–Crippen MR) is 87.5 cm³/mol. The number of ether oxygens (including phenoxy) is 1. The molecule has 0 aromatic heterocycles. The lowest BCUT2D eigenvalue weighted by molar-refractivity contribution is 0.320. The fraction of sp³-hybridized carbons (Fsp3) is 0.562. The number of nitrogens with one attached hydrogen (secondary N) is 1. The van der Waals surface area contributed by atoms with Crippen molar-refractivity contribution in [3.8, 4) is 11.8 Å². The summed E-state index contributed by atoms with van der Waals surface area (Å²) in [6, 6.07) is 6.76. The minimum atomic E-state index is -3.59. The quantitative estimate of drug-likeness (QED) is 0.853. The maximum absolute atomic E-state index is 12.5. The maximum Gasteiger partial charge on any atom is 0.240 e. The summed E-state index contributed by atoms with van der Waals surface area (Å²) in [5, 5.41) is 9.02. The van der Waals surface area contributed by atoms with Crippen molar-refractivity contribution in [2.75, 3.05) is 6.61 Å². The van der Waals surface area contributed by atoms with E-state index in [-0.39, 0.29) is 10.9 Å². The van der Waals surface area contributed by atoms with E-state index in [0.29, 0.717) is 38.0 Å². The SMILES string of the molecule is CCOc1ccc(S(=O)(=O)NC2CCC(N)(C#N)CC2)cc1C. The Hall–Kier alpha value is -1.62. The van der Waals surface area contributed by atoms with Gasteiger partial charge in [0.05, 0.1) is 17.6 Å². The zero-order valence-electron chi connectivity index (χ0n) is 13.5. The van der Waals surface area contributed by atoms with Gasteiger partial charge >= 0.3 is 0 Å². The Kier molecular flexibility index (Phi) is 5.30. The first-order chi connectivity index (χ1) is 10.8. The topological polar surface area (TPSA) is 105 Å². The van der Waals surface area contributed by atoms with E-state index in [1.807, 2.05) is 13.8 Å². The summed E-state index contributed by atoms with van der Waals surface area (Å²) in [4.78, 5) is 0.225. The van der Waals surface area contributed by atoms with E-state index in [4.69, 9.17) is 15.7 Å². The van der Waals surface area contributed by atoms with Crippen LogP contribution in [0.2, 0.25) is 0 Å². The van der Waals surface area contributed by atoms with Crippen molar-refractivity contribution in [1.82, 2.24) is 4.72 Å². The highest BCUT2D eigenvalue weighted by atomic mass is 32.2. The van der Waals surface area contributed by atoms with Crippen LogP contribution in [0.15, 0.2) is 23.1 Å². The second-order valence-electron chi connectivity index (χ2n) is 6.02. The summed E-state index contributed by atoms with van der Waals surface area (Å²) in [5.74, 6) is 0.686. The Morgan fingerprint density at radius 1 is 1.43 bits per heavy atom. The van der Waals surface area contributed by atoms with Crippen molar-refractivity contribution in [2.45, 2.75) is 56.0 Å². The maximum atomic E-state index is 12.5. The number of sulfonamides is 1. The van der Waals surface area contributed by atoms with Crippen molar-refractivity contribution < 1.29 is 13.2 Å². The summed E-state index contributed by atoms with van der Waals surface area (Å²) in [5.41, 5.74) is 5.87. The van der Waals surface area contributed by atoms with Gasteiger partial charge in [0.25, 0.3) is 0 Å². The predicted octanol–water partition coefficient (Wildman–Crippen LogP) is 1.84. The lowest BCUT2D eigenvalue weighted by Crippen LogP contribution is -2.47. The third-order valence-electron chi connectivity index (χ3n) is 4.18. The van der Waals surface area contributed by atoms with Crippen molar-refractivity contribution in [3.05, 3.63) is 23.8 Å². The van der Waals surface area contributed by atoms with Crippen LogP contribution in [-0.4, -0.2) is 26.6 Å². The zero-order valence-corrected chi connectivity index (χ0v) is 14.3. The standard InChI is InChI=1S/C16H23N3O3S/c1-3-22-15-5-4-14(10-12(15)2)23(20,21)19-13-6-8-16(18,11-17)9-7-13/h4-5,10,13,19H,3,6-9,18H2,1-2H3. The van der Waals surface area contributed by atoms with Crippen LogP contribution in [-0.2, 0) is 10.0 Å². The molecule has 0 amide bonds. The second-order valence-corrected chi connectivity index (χ2v) is 7.74. The summed E-state index contributed by atoms with van der Waals surface area (Å²) in [7, 11) is -3.59. The fourth-order valence-corrected chi connectivity index (χ4v) is 4.15. The number of nitriles is 1. The molecule has 1 aliphatic carbocycles. The molecule has 0 unspecified atom stereocenters. The van der Waals surface area contributed by atoms with Gasteiger partial charge in [0.1, 0.15) is 11.3 Å². The summed E-state index contributed by atoms with van der Waals surface area (Å²) >= 11 is 0. The van der Waals surface area contributed by atoms with Crippen LogP contribution in [0.4, 0.5) is 0 Å². The van der Waals surface area contributed by atoms with Crippen molar-refractivity contribution in [2.24, 2.45) is 5.73 Å². The highest BCUT2D eigenvalue weighted by molar-refractivity contribution is 7.89. The molecule has 1 aromatic rings. The van der Waals surface area contributed by atoms with E-state index < -0.39 is 15.6 Å². The molecule has 23 heavy (non-hydrogen) atoms. The highest BCUT2D eigenvalue weighted by Crippen LogP contribution is 2.27. The Labute approximate surface area is 137 Å². The van der Waals surface area contributed by atoms with Gasteiger partial charge in [-0.1, -0.05) is 0 Å². The van der Waals surface area contributed by atoms with Crippen LogP contribution in [0.25, 0.3) is 0 Å². The molecule has 1 fully saturated rings. The second kappa shape index (κ2) is 6.87. The molecule has 0 heterocycles. The minimum Gasteiger partial charge on any atom is -0.494 e. The molecule has 0 spiro atoms. The first kappa shape index (κ1) is 17.7. The molecular formula is C16H23N3O3S. The molecule has 0 aliphatic heterocycles.